The van der Waals surface area contributed by atoms with E-state index in [0.29, 0.717) is 0 Å². The molecule has 0 aliphatic heterocycles. The van der Waals surface area contributed by atoms with Crippen molar-refractivity contribution in [2.24, 2.45) is 0 Å². The lowest BCUT2D eigenvalue weighted by Crippen LogP contribution is -2.11. The zero-order chi connectivity index (χ0) is 57.8. The predicted molar refractivity (Wildman–Crippen MR) is 372 cm³/mol. The van der Waals surface area contributed by atoms with Crippen molar-refractivity contribution in [1.82, 2.24) is 0 Å². The van der Waals surface area contributed by atoms with Crippen molar-refractivity contribution in [3.63, 3.8) is 0 Å². The summed E-state index contributed by atoms with van der Waals surface area (Å²) in [6, 6.07) is 114. The molecule has 88 heavy (non-hydrogen) atoms. The van der Waals surface area contributed by atoms with E-state index in [1.54, 1.807) is 0 Å². The molecule has 4 nitrogen and oxygen atoms in total. The molecule has 0 amide bonds. The van der Waals surface area contributed by atoms with Crippen molar-refractivity contribution in [3.8, 4) is 33.4 Å². The zero-order valence-electron chi connectivity index (χ0n) is 47.7. The monoisotopic (exact) mass is 1120 g/mol. The molecule has 0 spiro atoms. The average molecular weight is 1120 g/mol. The molecule has 4 heteroatoms. The van der Waals surface area contributed by atoms with Gasteiger partial charge in [0.05, 0.1) is 22.7 Å². The molecular formula is C84H52N2O2. The summed E-state index contributed by atoms with van der Waals surface area (Å²) in [4.78, 5) is 4.85. The van der Waals surface area contributed by atoms with Gasteiger partial charge in [-0.3, -0.25) is 0 Å². The van der Waals surface area contributed by atoms with E-state index in [0.717, 1.165) is 143 Å². The molecule has 0 saturated heterocycles. The van der Waals surface area contributed by atoms with Gasteiger partial charge in [0.1, 0.15) is 11.2 Å². The molecule has 16 aromatic carbocycles. The highest BCUT2D eigenvalue weighted by molar-refractivity contribution is 6.31. The SMILES string of the molecule is c1ccc(-c2ccc(N(c3ccc(-c4ccc(N(c5ccc(-c6ccccc6)cc5)c5cc6ccccc6c6c5oc5ccc7ccccc7c56)c5ccccc45)c4ccccc34)c3cc4ccccc4c4c3oc3ccc5ccccc5c34)cc2)cc1. The molecule has 0 unspecified atom stereocenters. The normalized spacial score (nSPS) is 11.9. The first-order valence-electron chi connectivity index (χ1n) is 30.1. The van der Waals surface area contributed by atoms with Crippen LogP contribution in [0.1, 0.15) is 0 Å². The summed E-state index contributed by atoms with van der Waals surface area (Å²) in [6.45, 7) is 0. The lowest BCUT2D eigenvalue weighted by Gasteiger charge is -2.29. The Hall–Kier alpha value is -11.7. The van der Waals surface area contributed by atoms with Crippen LogP contribution in [0.4, 0.5) is 34.1 Å². The van der Waals surface area contributed by atoms with E-state index in [4.69, 9.17) is 8.83 Å². The number of rotatable bonds is 9. The van der Waals surface area contributed by atoms with Gasteiger partial charge in [-0.15, -0.1) is 0 Å². The van der Waals surface area contributed by atoms with Gasteiger partial charge >= 0.3 is 0 Å². The summed E-state index contributed by atoms with van der Waals surface area (Å²) in [5, 5.41) is 18.3. The van der Waals surface area contributed by atoms with Gasteiger partial charge in [-0.05, 0) is 148 Å². The minimum atomic E-state index is 0.839. The summed E-state index contributed by atoms with van der Waals surface area (Å²) in [5.41, 5.74) is 16.4. The number of nitrogens with zero attached hydrogens (tertiary/aromatic N) is 2. The van der Waals surface area contributed by atoms with Crippen molar-refractivity contribution in [3.05, 3.63) is 315 Å². The van der Waals surface area contributed by atoms with Gasteiger partial charge in [-0.2, -0.15) is 0 Å². The van der Waals surface area contributed by atoms with E-state index in [-0.39, 0.29) is 0 Å². The van der Waals surface area contributed by atoms with Crippen LogP contribution in [0.25, 0.3) is 142 Å². The number of hydrogen-bond acceptors (Lipinski definition) is 4. The Morgan fingerprint density at radius 1 is 0.205 bits per heavy atom. The first-order chi connectivity index (χ1) is 43.7. The third-order valence-corrected chi connectivity index (χ3v) is 18.2. The van der Waals surface area contributed by atoms with Crippen LogP contribution in [0.15, 0.2) is 324 Å². The molecule has 410 valence electrons. The van der Waals surface area contributed by atoms with Crippen molar-refractivity contribution in [2.45, 2.75) is 0 Å². The number of hydrogen-bond donors (Lipinski definition) is 0. The quantitative estimate of drug-likeness (QED) is 0.144. The average Bonchev–Trinajstić information content (AvgIpc) is 1.56. The van der Waals surface area contributed by atoms with Crippen LogP contribution in [0.5, 0.6) is 0 Å². The summed E-state index contributed by atoms with van der Waals surface area (Å²) in [6.07, 6.45) is 0. The summed E-state index contributed by atoms with van der Waals surface area (Å²) in [7, 11) is 0. The molecule has 2 heterocycles. The maximum Gasteiger partial charge on any atom is 0.160 e. The van der Waals surface area contributed by atoms with Crippen LogP contribution in [0, 0.1) is 0 Å². The molecule has 0 fully saturated rings. The van der Waals surface area contributed by atoms with E-state index in [9.17, 15) is 0 Å². The summed E-state index contributed by atoms with van der Waals surface area (Å²) in [5.74, 6) is 0. The second kappa shape index (κ2) is 20.0. The lowest BCUT2D eigenvalue weighted by atomic mass is 9.91. The molecule has 0 bridgehead atoms. The van der Waals surface area contributed by atoms with Crippen LogP contribution in [0.3, 0.4) is 0 Å². The Balaban J connectivity index is 0.860. The third kappa shape index (κ3) is 7.79. The maximum atomic E-state index is 7.22. The first kappa shape index (κ1) is 49.7. The molecule has 18 rings (SSSR count). The highest BCUT2D eigenvalue weighted by Crippen LogP contribution is 2.53. The van der Waals surface area contributed by atoms with Gasteiger partial charge in [0.15, 0.2) is 11.2 Å². The topological polar surface area (TPSA) is 32.8 Å². The molecular weight excluding hydrogens is 1070 g/mol. The van der Waals surface area contributed by atoms with Crippen molar-refractivity contribution >= 4 is 143 Å². The molecule has 18 aromatic rings. The van der Waals surface area contributed by atoms with Crippen LogP contribution in [-0.2, 0) is 0 Å². The van der Waals surface area contributed by atoms with Crippen LogP contribution in [-0.4, -0.2) is 0 Å². The predicted octanol–water partition coefficient (Wildman–Crippen LogP) is 24.3. The van der Waals surface area contributed by atoms with Crippen molar-refractivity contribution in [1.29, 1.82) is 0 Å². The summed E-state index contributed by atoms with van der Waals surface area (Å²) >= 11 is 0. The zero-order valence-corrected chi connectivity index (χ0v) is 47.7. The van der Waals surface area contributed by atoms with Crippen LogP contribution >= 0.6 is 0 Å². The fourth-order valence-electron chi connectivity index (χ4n) is 14.2. The van der Waals surface area contributed by atoms with Gasteiger partial charge in [0, 0.05) is 43.7 Å². The van der Waals surface area contributed by atoms with Crippen LogP contribution < -0.4 is 9.80 Å². The fourth-order valence-corrected chi connectivity index (χ4v) is 14.2. The number of benzene rings is 16. The highest BCUT2D eigenvalue weighted by Gasteiger charge is 2.28. The standard InChI is InChI=1S/C84H52N2O2/c1-3-19-53(20-4-1)55-35-41-61(42-36-55)85(75-51-59-25-9-13-29-65(59)81-79-63-27-11-7-23-57(63)39-49-77(79)87-83(75)81)73-47-45-69(67-31-15-17-33-71(67)73)70-46-48-74(72-34-18-16-32-68(70)72)86(62-43-37-56(38-44-62)54-21-5-2-6-22-54)76-52-60-26-10-14-30-66(60)82-80-64-28-12-8-24-58(64)40-50-78(80)88-84(76)82/h1-52H. The maximum absolute atomic E-state index is 7.22. The van der Waals surface area contributed by atoms with Gasteiger partial charge in [-0.1, -0.05) is 255 Å². The number of anilines is 6. The van der Waals surface area contributed by atoms with Gasteiger partial charge in [0.2, 0.25) is 0 Å². The second-order valence-corrected chi connectivity index (χ2v) is 23.0. The second-order valence-electron chi connectivity index (χ2n) is 23.0. The fraction of sp³-hybridized carbons (Fsp3) is 0. The highest BCUT2D eigenvalue weighted by atomic mass is 16.3. The Kier molecular flexibility index (Phi) is 11.3. The van der Waals surface area contributed by atoms with Crippen LogP contribution in [0.2, 0.25) is 0 Å². The van der Waals surface area contributed by atoms with E-state index in [1.165, 1.54) is 32.7 Å². The smallest absolute Gasteiger partial charge is 0.160 e. The van der Waals surface area contributed by atoms with Gasteiger partial charge in [0.25, 0.3) is 0 Å². The van der Waals surface area contributed by atoms with Crippen molar-refractivity contribution in [2.75, 3.05) is 9.80 Å². The number of fused-ring (bicyclic) bond motifs is 16. The molecule has 2 aromatic heterocycles. The Morgan fingerprint density at radius 2 is 0.523 bits per heavy atom. The molecule has 0 saturated carbocycles. The Bertz CT molecular complexity index is 5450. The van der Waals surface area contributed by atoms with Crippen molar-refractivity contribution < 1.29 is 8.83 Å². The van der Waals surface area contributed by atoms with E-state index < -0.39 is 0 Å². The largest absolute Gasteiger partial charge is 0.454 e. The summed E-state index contributed by atoms with van der Waals surface area (Å²) < 4.78 is 14.4. The molecule has 0 N–H and O–H groups in total. The Labute approximate surface area is 507 Å². The number of furan rings is 2. The van der Waals surface area contributed by atoms with E-state index in [2.05, 4.69) is 325 Å². The minimum absolute atomic E-state index is 0.839. The molecule has 0 aliphatic carbocycles. The first-order valence-corrected chi connectivity index (χ1v) is 30.1. The minimum Gasteiger partial charge on any atom is -0.454 e. The van der Waals surface area contributed by atoms with E-state index >= 15 is 0 Å². The lowest BCUT2D eigenvalue weighted by molar-refractivity contribution is 0.669. The third-order valence-electron chi connectivity index (χ3n) is 18.2. The Morgan fingerprint density at radius 3 is 0.920 bits per heavy atom. The molecule has 0 atom stereocenters. The van der Waals surface area contributed by atoms with E-state index in [1.807, 2.05) is 0 Å². The van der Waals surface area contributed by atoms with Gasteiger partial charge in [-0.25, -0.2) is 0 Å². The van der Waals surface area contributed by atoms with Gasteiger partial charge < -0.3 is 18.6 Å². The molecule has 0 radical (unpaired) electrons. The molecule has 0 aliphatic rings.